The van der Waals surface area contributed by atoms with E-state index in [4.69, 9.17) is 4.74 Å². The molecule has 11 heteroatoms. The number of nitrogens with one attached hydrogen (secondary N) is 2. The third kappa shape index (κ3) is 5.53. The van der Waals surface area contributed by atoms with Crippen LogP contribution in [0.1, 0.15) is 32.0 Å². The summed E-state index contributed by atoms with van der Waals surface area (Å²) in [5.74, 6) is -1.09. The summed E-state index contributed by atoms with van der Waals surface area (Å²) >= 11 is 0. The van der Waals surface area contributed by atoms with E-state index in [0.717, 1.165) is 11.1 Å². The molecule has 0 fully saturated rings. The number of ether oxygens (including phenoxy) is 1. The van der Waals surface area contributed by atoms with E-state index in [1.165, 1.54) is 28.7 Å². The molecule has 2 N–H and O–H groups in total. The Balaban J connectivity index is 1.56. The highest BCUT2D eigenvalue weighted by Crippen LogP contribution is 2.18. The molecular weight excluding hydrogens is 462 g/mol. The average Bonchev–Trinajstić information content (AvgIpc) is 3.25. The molecule has 36 heavy (non-hydrogen) atoms. The molecule has 0 bridgehead atoms. The molecule has 0 aliphatic heterocycles. The van der Waals surface area contributed by atoms with Crippen LogP contribution in [0.2, 0.25) is 0 Å². The fourth-order valence-electron chi connectivity index (χ4n) is 3.65. The molecule has 0 saturated heterocycles. The summed E-state index contributed by atoms with van der Waals surface area (Å²) in [5, 5.41) is 14.3. The van der Waals surface area contributed by atoms with Gasteiger partial charge in [0.05, 0.1) is 25.0 Å². The monoisotopic (exact) mass is 487 g/mol. The van der Waals surface area contributed by atoms with Gasteiger partial charge in [0, 0.05) is 49.4 Å². The predicted molar refractivity (Wildman–Crippen MR) is 133 cm³/mol. The van der Waals surface area contributed by atoms with Crippen LogP contribution in [0.25, 0.3) is 11.3 Å². The number of carbonyl (C=O) groups is 2. The summed E-state index contributed by atoms with van der Waals surface area (Å²) in [6.45, 7) is 0.827. The zero-order valence-corrected chi connectivity index (χ0v) is 20.1. The molecule has 1 aromatic carbocycles. The highest BCUT2D eigenvalue weighted by atomic mass is 16.5. The van der Waals surface area contributed by atoms with Crippen LogP contribution in [0.3, 0.4) is 0 Å². The predicted octanol–water partition coefficient (Wildman–Crippen LogP) is 1.85. The molecule has 11 nitrogen and oxygen atoms in total. The number of hydrogen-bond acceptors (Lipinski definition) is 8. The highest BCUT2D eigenvalue weighted by molar-refractivity contribution is 6.07. The van der Waals surface area contributed by atoms with E-state index < -0.39 is 11.9 Å². The molecular formula is C25H25N7O4. The lowest BCUT2D eigenvalue weighted by Gasteiger charge is -2.10. The van der Waals surface area contributed by atoms with Gasteiger partial charge < -0.3 is 15.4 Å². The number of methoxy groups -OCH3 is 1. The van der Waals surface area contributed by atoms with Crippen molar-refractivity contribution in [2.24, 2.45) is 7.05 Å². The first-order chi connectivity index (χ1) is 17.4. The minimum atomic E-state index is -0.656. The Hall–Kier alpha value is -4.64. The van der Waals surface area contributed by atoms with Gasteiger partial charge in [0.25, 0.3) is 11.5 Å². The van der Waals surface area contributed by atoms with E-state index in [1.807, 2.05) is 13.1 Å². The Bertz CT molecular complexity index is 1480. The summed E-state index contributed by atoms with van der Waals surface area (Å²) in [4.78, 5) is 41.6. The maximum absolute atomic E-state index is 12.9. The Kier molecular flexibility index (Phi) is 7.31. The zero-order chi connectivity index (χ0) is 25.7. The molecule has 0 atom stereocenters. The number of benzene rings is 1. The van der Waals surface area contributed by atoms with Crippen LogP contribution in [0.5, 0.6) is 0 Å². The molecule has 0 saturated carbocycles. The minimum absolute atomic E-state index is 0.00495. The van der Waals surface area contributed by atoms with Gasteiger partial charge in [-0.3, -0.25) is 19.3 Å². The second-order valence-corrected chi connectivity index (χ2v) is 8.04. The van der Waals surface area contributed by atoms with Crippen molar-refractivity contribution in [1.29, 1.82) is 0 Å². The van der Waals surface area contributed by atoms with Crippen molar-refractivity contribution in [2.45, 2.75) is 13.1 Å². The van der Waals surface area contributed by atoms with Crippen LogP contribution in [-0.2, 0) is 24.9 Å². The number of aromatic nitrogens is 5. The molecule has 0 unspecified atom stereocenters. The van der Waals surface area contributed by atoms with Gasteiger partial charge in [-0.2, -0.15) is 10.2 Å². The number of amides is 1. The number of aryl methyl sites for hydroxylation is 1. The summed E-state index contributed by atoms with van der Waals surface area (Å²) in [6, 6.07) is 11.9. The Morgan fingerprint density at radius 2 is 1.89 bits per heavy atom. The van der Waals surface area contributed by atoms with Crippen molar-refractivity contribution in [3.8, 4) is 11.3 Å². The molecule has 3 heterocycles. The topological polar surface area (TPSA) is 133 Å². The minimum Gasteiger partial charge on any atom is -0.464 e. The number of carbonyl (C=O) groups excluding carboxylic acids is 2. The van der Waals surface area contributed by atoms with Gasteiger partial charge in [-0.25, -0.2) is 9.48 Å². The first-order valence-electron chi connectivity index (χ1n) is 11.1. The molecule has 0 radical (unpaired) electrons. The first-order valence-corrected chi connectivity index (χ1v) is 11.1. The number of rotatable bonds is 8. The SMILES string of the molecule is CNCc1cncc(-c2ccc(=O)n(Cc3cccc(C(=O)Nc4cn(C)nc4C(=O)OC)c3)n2)c1. The largest absolute Gasteiger partial charge is 0.464 e. The van der Waals surface area contributed by atoms with E-state index in [0.29, 0.717) is 23.4 Å². The van der Waals surface area contributed by atoms with E-state index in [1.54, 1.807) is 49.8 Å². The van der Waals surface area contributed by atoms with Gasteiger partial charge in [-0.15, -0.1) is 0 Å². The molecule has 0 spiro atoms. The van der Waals surface area contributed by atoms with Gasteiger partial charge in [0.15, 0.2) is 5.69 Å². The van der Waals surface area contributed by atoms with E-state index >= 15 is 0 Å². The second-order valence-electron chi connectivity index (χ2n) is 8.04. The summed E-state index contributed by atoms with van der Waals surface area (Å²) < 4.78 is 7.47. The summed E-state index contributed by atoms with van der Waals surface area (Å²) in [5.41, 5.74) is 3.42. The van der Waals surface area contributed by atoms with Gasteiger partial charge >= 0.3 is 5.97 Å². The van der Waals surface area contributed by atoms with Crippen molar-refractivity contribution in [3.63, 3.8) is 0 Å². The van der Waals surface area contributed by atoms with Crippen LogP contribution in [0.4, 0.5) is 5.69 Å². The molecule has 0 aliphatic carbocycles. The summed E-state index contributed by atoms with van der Waals surface area (Å²) in [6.07, 6.45) is 4.98. The van der Waals surface area contributed by atoms with Crippen molar-refractivity contribution in [2.75, 3.05) is 19.5 Å². The molecule has 4 rings (SSSR count). The average molecular weight is 488 g/mol. The number of pyridine rings is 1. The van der Waals surface area contributed by atoms with E-state index in [-0.39, 0.29) is 23.5 Å². The fraction of sp³-hybridized carbons (Fsp3) is 0.200. The van der Waals surface area contributed by atoms with E-state index in [2.05, 4.69) is 25.8 Å². The van der Waals surface area contributed by atoms with Crippen LogP contribution >= 0.6 is 0 Å². The van der Waals surface area contributed by atoms with Crippen molar-refractivity contribution < 1.29 is 14.3 Å². The standard InChI is InChI=1S/C25H25N7O4/c1-26-11-17-10-19(13-27-12-17)20-7-8-22(33)32(29-20)14-16-5-4-6-18(9-16)24(34)28-21-15-31(2)30-23(21)25(35)36-3/h4-10,12-13,15,26H,11,14H2,1-3H3,(H,28,34). The Labute approximate surface area is 206 Å². The lowest BCUT2D eigenvalue weighted by Crippen LogP contribution is -2.23. The molecule has 184 valence electrons. The maximum Gasteiger partial charge on any atom is 0.360 e. The van der Waals surface area contributed by atoms with Crippen LogP contribution in [-0.4, -0.2) is 50.6 Å². The molecule has 3 aromatic heterocycles. The number of nitrogens with zero attached hydrogens (tertiary/aromatic N) is 5. The van der Waals surface area contributed by atoms with Crippen LogP contribution in [0.15, 0.2) is 65.8 Å². The smallest absolute Gasteiger partial charge is 0.360 e. The van der Waals surface area contributed by atoms with Gasteiger partial charge in [0.1, 0.15) is 0 Å². The molecule has 1 amide bonds. The van der Waals surface area contributed by atoms with Gasteiger partial charge in [-0.1, -0.05) is 12.1 Å². The number of hydrogen-bond donors (Lipinski definition) is 2. The fourth-order valence-corrected chi connectivity index (χ4v) is 3.65. The summed E-state index contributed by atoms with van der Waals surface area (Å²) in [7, 11) is 4.73. The molecule has 4 aromatic rings. The second kappa shape index (κ2) is 10.7. The molecule has 0 aliphatic rings. The van der Waals surface area contributed by atoms with Crippen molar-refractivity contribution in [1.82, 2.24) is 29.9 Å². The number of esters is 1. The zero-order valence-electron chi connectivity index (χ0n) is 20.1. The Morgan fingerprint density at radius 3 is 2.67 bits per heavy atom. The van der Waals surface area contributed by atoms with Crippen LogP contribution in [0, 0.1) is 0 Å². The number of anilines is 1. The highest BCUT2D eigenvalue weighted by Gasteiger charge is 2.19. The normalized spacial score (nSPS) is 10.8. The third-order valence-corrected chi connectivity index (χ3v) is 5.32. The first kappa shape index (κ1) is 24.5. The van der Waals surface area contributed by atoms with E-state index in [9.17, 15) is 14.4 Å². The maximum atomic E-state index is 12.9. The van der Waals surface area contributed by atoms with Crippen LogP contribution < -0.4 is 16.2 Å². The van der Waals surface area contributed by atoms with Crippen molar-refractivity contribution in [3.05, 3.63) is 93.8 Å². The van der Waals surface area contributed by atoms with Gasteiger partial charge in [-0.05, 0) is 42.4 Å². The quantitative estimate of drug-likeness (QED) is 0.360. The Morgan fingerprint density at radius 1 is 1.06 bits per heavy atom. The third-order valence-electron chi connectivity index (χ3n) is 5.32. The lowest BCUT2D eigenvalue weighted by molar-refractivity contribution is 0.0594. The van der Waals surface area contributed by atoms with Crippen molar-refractivity contribution >= 4 is 17.6 Å². The van der Waals surface area contributed by atoms with Gasteiger partial charge in [0.2, 0.25) is 0 Å². The lowest BCUT2D eigenvalue weighted by atomic mass is 10.1.